The third-order valence-corrected chi connectivity index (χ3v) is 5.50. The second-order valence-electron chi connectivity index (χ2n) is 6.01. The summed E-state index contributed by atoms with van der Waals surface area (Å²) in [5.41, 5.74) is 15.7. The van der Waals surface area contributed by atoms with Gasteiger partial charge in [0.2, 0.25) is 0 Å². The number of pyridine rings is 1. The van der Waals surface area contributed by atoms with E-state index in [1.807, 2.05) is 60.7 Å². The van der Waals surface area contributed by atoms with Gasteiger partial charge in [0.15, 0.2) is 0 Å². The fourth-order valence-electron chi connectivity index (χ4n) is 3.14. The van der Waals surface area contributed by atoms with Crippen LogP contribution in [0.25, 0.3) is 32.6 Å². The number of ether oxygens (including phenoxy) is 1. The molecule has 2 aromatic heterocycles. The highest BCUT2D eigenvalue weighted by Gasteiger charge is 2.20. The minimum absolute atomic E-state index is 0.326. The average molecular weight is 375 g/mol. The van der Waals surface area contributed by atoms with Gasteiger partial charge in [-0.05, 0) is 29.3 Å². The third kappa shape index (κ3) is 2.90. The van der Waals surface area contributed by atoms with Crippen LogP contribution in [0.4, 0.5) is 5.69 Å². The summed E-state index contributed by atoms with van der Waals surface area (Å²) in [6, 6.07) is 19.5. The molecule has 0 aliphatic carbocycles. The zero-order valence-electron chi connectivity index (χ0n) is 14.6. The number of benzene rings is 2. The lowest BCUT2D eigenvalue weighted by Crippen LogP contribution is -2.10. The predicted octanol–water partition coefficient (Wildman–Crippen LogP) is 4.32. The van der Waals surface area contributed by atoms with Crippen molar-refractivity contribution in [2.75, 3.05) is 12.8 Å². The number of aromatic nitrogens is 1. The van der Waals surface area contributed by atoms with Gasteiger partial charge in [-0.2, -0.15) is 0 Å². The van der Waals surface area contributed by atoms with Crippen LogP contribution >= 0.6 is 11.3 Å². The number of carbonyl (C=O) groups is 1. The van der Waals surface area contributed by atoms with Crippen molar-refractivity contribution in [3.63, 3.8) is 0 Å². The Morgan fingerprint density at radius 1 is 1.04 bits per heavy atom. The summed E-state index contributed by atoms with van der Waals surface area (Å²) in [6.45, 7) is 0. The first-order chi connectivity index (χ1) is 13.1. The Kier molecular flexibility index (Phi) is 4.25. The zero-order chi connectivity index (χ0) is 19.0. The van der Waals surface area contributed by atoms with Gasteiger partial charge in [0.1, 0.15) is 15.5 Å². The molecule has 134 valence electrons. The van der Waals surface area contributed by atoms with Gasteiger partial charge in [0, 0.05) is 10.9 Å². The van der Waals surface area contributed by atoms with Crippen molar-refractivity contribution in [2.24, 2.45) is 5.73 Å². The second kappa shape index (κ2) is 6.74. The number of hydrogen-bond acceptors (Lipinski definition) is 5. The topological polar surface area (TPSA) is 91.2 Å². The van der Waals surface area contributed by atoms with Gasteiger partial charge < -0.3 is 16.2 Å². The highest BCUT2D eigenvalue weighted by molar-refractivity contribution is 7.21. The molecule has 0 saturated heterocycles. The first-order valence-electron chi connectivity index (χ1n) is 8.31. The average Bonchev–Trinajstić information content (AvgIpc) is 3.05. The minimum atomic E-state index is -0.548. The summed E-state index contributed by atoms with van der Waals surface area (Å²) in [6.07, 6.45) is 0. The summed E-state index contributed by atoms with van der Waals surface area (Å²) in [5, 5.41) is 0.749. The molecule has 0 bridgehead atoms. The number of primary amides is 1. The lowest BCUT2D eigenvalue weighted by atomic mass is 9.99. The van der Waals surface area contributed by atoms with Gasteiger partial charge in [0.05, 0.1) is 18.5 Å². The largest absolute Gasteiger partial charge is 0.496 e. The monoisotopic (exact) mass is 375 g/mol. The van der Waals surface area contributed by atoms with Crippen LogP contribution in [0.5, 0.6) is 5.75 Å². The molecule has 0 unspecified atom stereocenters. The summed E-state index contributed by atoms with van der Waals surface area (Å²) in [5.74, 6) is 0.177. The lowest BCUT2D eigenvalue weighted by molar-refractivity contribution is 0.100. The number of nitrogen functional groups attached to an aromatic ring is 1. The van der Waals surface area contributed by atoms with Crippen molar-refractivity contribution in [2.45, 2.75) is 0 Å². The highest BCUT2D eigenvalue weighted by atomic mass is 32.1. The number of nitrogens with two attached hydrogens (primary N) is 2. The molecule has 0 saturated carbocycles. The summed E-state index contributed by atoms with van der Waals surface area (Å²) in [4.78, 5) is 17.6. The molecule has 4 N–H and O–H groups in total. The number of rotatable bonds is 4. The van der Waals surface area contributed by atoms with E-state index in [0.29, 0.717) is 15.4 Å². The van der Waals surface area contributed by atoms with Crippen LogP contribution in [-0.2, 0) is 0 Å². The Morgan fingerprint density at radius 3 is 2.44 bits per heavy atom. The Bertz CT molecular complexity index is 1150. The first kappa shape index (κ1) is 17.1. The van der Waals surface area contributed by atoms with E-state index in [9.17, 15) is 4.79 Å². The fraction of sp³-hybridized carbons (Fsp3) is 0.0476. The van der Waals surface area contributed by atoms with Crippen LogP contribution in [-0.4, -0.2) is 18.0 Å². The van der Waals surface area contributed by atoms with E-state index in [1.54, 1.807) is 7.11 Å². The van der Waals surface area contributed by atoms with Crippen molar-refractivity contribution < 1.29 is 9.53 Å². The molecule has 2 aromatic carbocycles. The first-order valence-corrected chi connectivity index (χ1v) is 9.13. The molecule has 27 heavy (non-hydrogen) atoms. The maximum atomic E-state index is 11.8. The molecular weight excluding hydrogens is 358 g/mol. The van der Waals surface area contributed by atoms with Gasteiger partial charge >= 0.3 is 0 Å². The van der Waals surface area contributed by atoms with Crippen LogP contribution in [0.15, 0.2) is 60.7 Å². The lowest BCUT2D eigenvalue weighted by Gasteiger charge is -2.11. The van der Waals surface area contributed by atoms with Gasteiger partial charge in [-0.1, -0.05) is 42.5 Å². The molecule has 1 amide bonds. The highest BCUT2D eigenvalue weighted by Crippen LogP contribution is 2.42. The van der Waals surface area contributed by atoms with Crippen molar-refractivity contribution in [3.8, 4) is 28.1 Å². The maximum absolute atomic E-state index is 11.8. The molecule has 6 heteroatoms. The number of para-hydroxylation sites is 1. The van der Waals surface area contributed by atoms with Crippen molar-refractivity contribution in [3.05, 3.63) is 65.5 Å². The molecule has 2 heterocycles. The normalized spacial score (nSPS) is 10.9. The standard InChI is InChI=1S/C21H17N3O2S/c1-26-16-10-6-5-9-13(16)15-11-14(12-7-3-2-4-8-12)17-18(22)19(20(23)25)27-21(17)24-15/h2-11H,22H2,1H3,(H2,23,25). The molecule has 0 atom stereocenters. The Hall–Kier alpha value is -3.38. The second-order valence-corrected chi connectivity index (χ2v) is 7.01. The molecule has 0 aliphatic heterocycles. The number of amides is 1. The quantitative estimate of drug-likeness (QED) is 0.556. The van der Waals surface area contributed by atoms with Gasteiger partial charge in [-0.3, -0.25) is 4.79 Å². The molecule has 4 aromatic rings. The van der Waals surface area contributed by atoms with Crippen LogP contribution in [0.3, 0.4) is 0 Å². The molecule has 0 spiro atoms. The predicted molar refractivity (Wildman–Crippen MR) is 110 cm³/mol. The van der Waals surface area contributed by atoms with Crippen LogP contribution in [0.2, 0.25) is 0 Å². The van der Waals surface area contributed by atoms with Gasteiger partial charge in [-0.25, -0.2) is 4.98 Å². The molecule has 0 fully saturated rings. The number of carbonyl (C=O) groups excluding carboxylic acids is 1. The maximum Gasteiger partial charge on any atom is 0.260 e. The number of thiophene rings is 1. The number of nitrogens with zero attached hydrogens (tertiary/aromatic N) is 1. The molecule has 5 nitrogen and oxygen atoms in total. The van der Waals surface area contributed by atoms with Gasteiger partial charge in [0.25, 0.3) is 5.91 Å². The summed E-state index contributed by atoms with van der Waals surface area (Å²) >= 11 is 1.21. The summed E-state index contributed by atoms with van der Waals surface area (Å²) in [7, 11) is 1.63. The Morgan fingerprint density at radius 2 is 1.74 bits per heavy atom. The van der Waals surface area contributed by atoms with E-state index in [2.05, 4.69) is 0 Å². The molecule has 0 radical (unpaired) electrons. The van der Waals surface area contributed by atoms with Crippen LogP contribution < -0.4 is 16.2 Å². The summed E-state index contributed by atoms with van der Waals surface area (Å²) < 4.78 is 5.49. The number of methoxy groups -OCH3 is 1. The SMILES string of the molecule is COc1ccccc1-c1cc(-c2ccccc2)c2c(N)c(C(N)=O)sc2n1. The van der Waals surface area contributed by atoms with E-state index in [4.69, 9.17) is 21.2 Å². The van der Waals surface area contributed by atoms with Crippen molar-refractivity contribution in [1.29, 1.82) is 0 Å². The zero-order valence-corrected chi connectivity index (χ0v) is 15.4. The van der Waals surface area contributed by atoms with E-state index in [-0.39, 0.29) is 0 Å². The van der Waals surface area contributed by atoms with E-state index < -0.39 is 5.91 Å². The number of fused-ring (bicyclic) bond motifs is 1. The van der Waals surface area contributed by atoms with Crippen molar-refractivity contribution >= 4 is 33.1 Å². The Labute approximate surface area is 160 Å². The smallest absolute Gasteiger partial charge is 0.260 e. The molecular formula is C21H17N3O2S. The van der Waals surface area contributed by atoms with Crippen LogP contribution in [0.1, 0.15) is 9.67 Å². The minimum Gasteiger partial charge on any atom is -0.496 e. The van der Waals surface area contributed by atoms with Crippen molar-refractivity contribution in [1.82, 2.24) is 4.98 Å². The third-order valence-electron chi connectivity index (χ3n) is 4.39. The van der Waals surface area contributed by atoms with E-state index in [0.717, 1.165) is 33.5 Å². The molecule has 0 aliphatic rings. The number of anilines is 1. The number of hydrogen-bond donors (Lipinski definition) is 2. The van der Waals surface area contributed by atoms with E-state index >= 15 is 0 Å². The van der Waals surface area contributed by atoms with Gasteiger partial charge in [-0.15, -0.1) is 11.3 Å². The Balaban J connectivity index is 2.07. The van der Waals surface area contributed by atoms with E-state index in [1.165, 1.54) is 11.3 Å². The fourth-order valence-corrected chi connectivity index (χ4v) is 4.12. The molecule has 4 rings (SSSR count). The van der Waals surface area contributed by atoms with Crippen LogP contribution in [0, 0.1) is 0 Å².